The van der Waals surface area contributed by atoms with Crippen molar-refractivity contribution in [3.8, 4) is 0 Å². The average molecular weight is 458 g/mol. The maximum atomic E-state index is 12.1. The van der Waals surface area contributed by atoms with E-state index in [0.717, 1.165) is 12.8 Å². The molecule has 0 aliphatic heterocycles. The van der Waals surface area contributed by atoms with Gasteiger partial charge in [0.1, 0.15) is 29.1 Å². The summed E-state index contributed by atoms with van der Waals surface area (Å²) in [6.07, 6.45) is 11.8. The molecule has 3 N–H and O–H groups in total. The number of hydrogen-bond donors (Lipinski definition) is 3. The molecule has 33 heavy (non-hydrogen) atoms. The molecule has 2 fully saturated rings. The number of hydrogen-bond acceptors (Lipinski definition) is 6. The molecule has 0 bridgehead atoms. The third kappa shape index (κ3) is 6.53. The fourth-order valence-electron chi connectivity index (χ4n) is 3.28. The topological polar surface area (TPSA) is 105 Å². The van der Waals surface area contributed by atoms with Gasteiger partial charge in [-0.25, -0.2) is 9.37 Å². The molecule has 2 saturated carbocycles. The van der Waals surface area contributed by atoms with Crippen LogP contribution in [0.5, 0.6) is 0 Å². The minimum atomic E-state index is -0.417. The van der Waals surface area contributed by atoms with E-state index < -0.39 is 6.17 Å². The molecule has 3 aromatic rings. The molecule has 5 rings (SSSR count). The van der Waals surface area contributed by atoms with E-state index in [2.05, 4.69) is 26.0 Å². The summed E-state index contributed by atoms with van der Waals surface area (Å²) in [5.74, 6) is 0.776. The highest BCUT2D eigenvalue weighted by Crippen LogP contribution is 2.22. The van der Waals surface area contributed by atoms with Crippen molar-refractivity contribution in [1.29, 1.82) is 0 Å². The van der Waals surface area contributed by atoms with Crippen LogP contribution < -0.4 is 21.5 Å². The fourth-order valence-corrected chi connectivity index (χ4v) is 3.28. The number of nitrogens with zero attached hydrogens (tertiary/aromatic N) is 4. The van der Waals surface area contributed by atoms with Crippen LogP contribution in [0.3, 0.4) is 0 Å². The van der Waals surface area contributed by atoms with Crippen LogP contribution in [0.1, 0.15) is 55.3 Å². The first kappa shape index (κ1) is 24.2. The first-order chi connectivity index (χ1) is 15.9. The van der Waals surface area contributed by atoms with Gasteiger partial charge >= 0.3 is 0 Å². The minimum Gasteiger partial charge on any atom is -0.373 e. The fraction of sp³-hybridized carbons (Fsp3) is 0.478. The second-order valence-electron chi connectivity index (χ2n) is 8.05. The van der Waals surface area contributed by atoms with Crippen molar-refractivity contribution in [2.24, 2.45) is 7.05 Å². The summed E-state index contributed by atoms with van der Waals surface area (Å²) in [6, 6.07) is 5.14. The zero-order valence-corrected chi connectivity index (χ0v) is 19.4. The number of pyridine rings is 1. The summed E-state index contributed by atoms with van der Waals surface area (Å²) in [6.45, 7) is 0. The maximum Gasteiger partial charge on any atom is 0.274 e. The summed E-state index contributed by atoms with van der Waals surface area (Å²) < 4.78 is 14.1. The van der Waals surface area contributed by atoms with Gasteiger partial charge in [-0.3, -0.25) is 9.59 Å². The van der Waals surface area contributed by atoms with Crippen LogP contribution >= 0.6 is 0 Å². The predicted octanol–water partition coefficient (Wildman–Crippen LogP) is 3.64. The molecule has 3 heterocycles. The van der Waals surface area contributed by atoms with Gasteiger partial charge in [-0.15, -0.1) is 0 Å². The van der Waals surface area contributed by atoms with Crippen molar-refractivity contribution in [2.75, 3.05) is 24.7 Å². The molecule has 0 atom stereocenters. The molecule has 3 aromatic heterocycles. The highest BCUT2D eigenvalue weighted by Gasteiger charge is 2.18. The van der Waals surface area contributed by atoms with E-state index in [4.69, 9.17) is 0 Å². The number of aryl methyl sites for hydroxylation is 1. The van der Waals surface area contributed by atoms with Gasteiger partial charge in [0.05, 0.1) is 6.20 Å². The Bertz CT molecular complexity index is 1130. The lowest BCUT2D eigenvalue weighted by molar-refractivity contribution is 0.0964. The van der Waals surface area contributed by atoms with Gasteiger partial charge in [0.2, 0.25) is 0 Å². The number of rotatable bonds is 4. The number of fused-ring (bicyclic) bond motifs is 1. The van der Waals surface area contributed by atoms with Crippen molar-refractivity contribution >= 4 is 28.9 Å². The van der Waals surface area contributed by atoms with E-state index in [1.807, 2.05) is 0 Å². The molecule has 9 nitrogen and oxygen atoms in total. The smallest absolute Gasteiger partial charge is 0.274 e. The van der Waals surface area contributed by atoms with E-state index in [1.54, 1.807) is 45.5 Å². The van der Waals surface area contributed by atoms with Gasteiger partial charge in [0.25, 0.3) is 11.5 Å². The van der Waals surface area contributed by atoms with Gasteiger partial charge in [-0.05, 0) is 25.0 Å². The van der Waals surface area contributed by atoms with E-state index in [-0.39, 0.29) is 11.5 Å². The summed E-state index contributed by atoms with van der Waals surface area (Å²) in [5, 5.41) is 12.7. The molecule has 10 heteroatoms. The summed E-state index contributed by atoms with van der Waals surface area (Å²) in [5.41, 5.74) is 0.945. The number of aromatic nitrogens is 4. The lowest BCUT2D eigenvalue weighted by atomic mass is 10.3. The van der Waals surface area contributed by atoms with Gasteiger partial charge in [0, 0.05) is 33.4 Å². The SMILES string of the molecule is C1CCCC1.CNC(=O)c1cnn2c(NC)cc(Nc3cccn(C)c3=O)nc12.FC1CC1. The van der Waals surface area contributed by atoms with Crippen LogP contribution in [0.4, 0.5) is 21.7 Å². The molecule has 1 amide bonds. The van der Waals surface area contributed by atoms with Crippen LogP contribution in [0, 0.1) is 0 Å². The number of amides is 1. The highest BCUT2D eigenvalue weighted by molar-refractivity contribution is 5.99. The molecule has 2 aliphatic carbocycles. The molecule has 0 aromatic carbocycles. The second-order valence-corrected chi connectivity index (χ2v) is 8.05. The van der Waals surface area contributed by atoms with Crippen molar-refractivity contribution in [2.45, 2.75) is 51.1 Å². The Labute approximate surface area is 192 Å². The average Bonchev–Trinajstić information content (AvgIpc) is 3.26. The van der Waals surface area contributed by atoms with Crippen LogP contribution in [0.2, 0.25) is 0 Å². The van der Waals surface area contributed by atoms with Gasteiger partial charge in [-0.2, -0.15) is 9.61 Å². The van der Waals surface area contributed by atoms with E-state index in [9.17, 15) is 14.0 Å². The van der Waals surface area contributed by atoms with Crippen LogP contribution in [-0.4, -0.2) is 45.3 Å². The molecule has 0 radical (unpaired) electrons. The summed E-state index contributed by atoms with van der Waals surface area (Å²) >= 11 is 0. The van der Waals surface area contributed by atoms with Gasteiger partial charge in [-0.1, -0.05) is 32.1 Å². The zero-order valence-electron chi connectivity index (χ0n) is 19.4. The van der Waals surface area contributed by atoms with Crippen LogP contribution in [-0.2, 0) is 7.05 Å². The molecule has 0 saturated heterocycles. The largest absolute Gasteiger partial charge is 0.373 e. The lowest BCUT2D eigenvalue weighted by Gasteiger charge is -2.10. The first-order valence-corrected chi connectivity index (χ1v) is 11.3. The Morgan fingerprint density at radius 3 is 2.33 bits per heavy atom. The first-order valence-electron chi connectivity index (χ1n) is 11.3. The molecule has 0 spiro atoms. The molecule has 178 valence electrons. The third-order valence-corrected chi connectivity index (χ3v) is 5.34. The number of halogens is 1. The van der Waals surface area contributed by atoms with E-state index >= 15 is 0 Å². The number of nitrogens with one attached hydrogen (secondary N) is 3. The monoisotopic (exact) mass is 457 g/mol. The second kappa shape index (κ2) is 11.4. The van der Waals surface area contributed by atoms with E-state index in [1.165, 1.54) is 47.4 Å². The Hall–Kier alpha value is -3.43. The predicted molar refractivity (Wildman–Crippen MR) is 128 cm³/mol. The molecule has 2 aliphatic rings. The highest BCUT2D eigenvalue weighted by atomic mass is 19.1. The Morgan fingerprint density at radius 1 is 1.15 bits per heavy atom. The zero-order chi connectivity index (χ0) is 23.8. The van der Waals surface area contributed by atoms with Gasteiger partial charge < -0.3 is 20.5 Å². The minimum absolute atomic E-state index is 0.176. The van der Waals surface area contributed by atoms with Crippen LogP contribution in [0.25, 0.3) is 5.65 Å². The van der Waals surface area contributed by atoms with Crippen molar-refractivity contribution in [1.82, 2.24) is 24.5 Å². The summed E-state index contributed by atoms with van der Waals surface area (Å²) in [7, 11) is 4.95. The van der Waals surface area contributed by atoms with Crippen molar-refractivity contribution in [3.63, 3.8) is 0 Å². The Morgan fingerprint density at radius 2 is 1.79 bits per heavy atom. The van der Waals surface area contributed by atoms with Crippen molar-refractivity contribution < 1.29 is 9.18 Å². The number of carbonyl (C=O) groups excluding carboxylic acids is 1. The molecular formula is C23H32FN7O2. The normalized spacial score (nSPS) is 14.5. The van der Waals surface area contributed by atoms with E-state index in [0.29, 0.717) is 28.5 Å². The molecular weight excluding hydrogens is 425 g/mol. The quantitative estimate of drug-likeness (QED) is 0.552. The third-order valence-electron chi connectivity index (χ3n) is 5.34. The number of anilines is 3. The number of carbonyl (C=O) groups is 1. The number of alkyl halides is 1. The standard InChI is InChI=1S/C15H17N7O2.C5H10.C3H5F/c1-16-12-7-11(19-10-5-4-6-21(3)15(10)24)20-13-9(14(23)17-2)8-18-22(12)13;1-2-4-5-3-1;4-3-1-2-3/h4-8,16H,1-3H3,(H,17,23)(H,19,20);1-5H2;3H,1-2H2. The lowest BCUT2D eigenvalue weighted by Crippen LogP contribution is -2.19. The Kier molecular flexibility index (Phi) is 8.39. The van der Waals surface area contributed by atoms with Gasteiger partial charge in [0.15, 0.2) is 5.65 Å². The maximum absolute atomic E-state index is 12.1. The van der Waals surface area contributed by atoms with Crippen LogP contribution in [0.15, 0.2) is 35.4 Å². The molecule has 0 unspecified atom stereocenters. The Balaban J connectivity index is 0.000000280. The van der Waals surface area contributed by atoms with Crippen molar-refractivity contribution in [3.05, 3.63) is 46.5 Å². The summed E-state index contributed by atoms with van der Waals surface area (Å²) in [4.78, 5) is 28.5.